The topological polar surface area (TPSA) is 57.6 Å². The molecule has 1 aliphatic heterocycles. The predicted octanol–water partition coefficient (Wildman–Crippen LogP) is 1.99. The first-order valence-corrected chi connectivity index (χ1v) is 6.73. The van der Waals surface area contributed by atoms with E-state index < -0.39 is 11.4 Å². The lowest BCUT2D eigenvalue weighted by molar-refractivity contribution is -0.151. The minimum absolute atomic E-state index is 0.0556. The third-order valence-electron chi connectivity index (χ3n) is 4.96. The van der Waals surface area contributed by atoms with Crippen LogP contribution in [0.25, 0.3) is 0 Å². The van der Waals surface area contributed by atoms with Crippen LogP contribution >= 0.6 is 0 Å². The van der Waals surface area contributed by atoms with E-state index >= 15 is 0 Å². The predicted molar refractivity (Wildman–Crippen MR) is 68.0 cm³/mol. The summed E-state index contributed by atoms with van der Waals surface area (Å²) in [7, 11) is 0. The van der Waals surface area contributed by atoms with Gasteiger partial charge in [0.25, 0.3) is 0 Å². The molecule has 0 radical (unpaired) electrons. The molecule has 1 N–H and O–H groups in total. The molecule has 4 heteroatoms. The Labute approximate surface area is 108 Å². The third kappa shape index (κ3) is 1.91. The van der Waals surface area contributed by atoms with Crippen molar-refractivity contribution >= 4 is 11.9 Å². The summed E-state index contributed by atoms with van der Waals surface area (Å²) in [6.07, 6.45) is 1.52. The van der Waals surface area contributed by atoms with Crippen LogP contribution in [0, 0.1) is 22.7 Å². The molecule has 1 unspecified atom stereocenters. The van der Waals surface area contributed by atoms with Crippen molar-refractivity contribution in [3.63, 3.8) is 0 Å². The minimum Gasteiger partial charge on any atom is -0.481 e. The normalized spacial score (nSPS) is 33.8. The fraction of sp³-hybridized carbons (Fsp3) is 0.857. The highest BCUT2D eigenvalue weighted by molar-refractivity contribution is 5.84. The number of aliphatic carboxylic acids is 1. The van der Waals surface area contributed by atoms with Gasteiger partial charge < -0.3 is 10.0 Å². The fourth-order valence-corrected chi connectivity index (χ4v) is 3.02. The summed E-state index contributed by atoms with van der Waals surface area (Å²) in [6.45, 7) is 9.03. The Morgan fingerprint density at radius 2 is 1.89 bits per heavy atom. The molecule has 1 amide bonds. The number of rotatable bonds is 3. The lowest BCUT2D eigenvalue weighted by Crippen LogP contribution is -2.41. The molecule has 1 heterocycles. The molecular formula is C14H23NO3. The molecule has 18 heavy (non-hydrogen) atoms. The van der Waals surface area contributed by atoms with E-state index in [0.29, 0.717) is 19.5 Å². The molecule has 0 aromatic carbocycles. The molecule has 102 valence electrons. The van der Waals surface area contributed by atoms with E-state index in [1.54, 1.807) is 4.90 Å². The highest BCUT2D eigenvalue weighted by Crippen LogP contribution is 2.53. The Morgan fingerprint density at radius 3 is 2.22 bits per heavy atom. The maximum atomic E-state index is 12.3. The summed E-state index contributed by atoms with van der Waals surface area (Å²) in [5, 5.41) is 9.45. The van der Waals surface area contributed by atoms with Crippen molar-refractivity contribution in [2.45, 2.75) is 40.5 Å². The summed E-state index contributed by atoms with van der Waals surface area (Å²) >= 11 is 0. The minimum atomic E-state index is -0.761. The van der Waals surface area contributed by atoms with Gasteiger partial charge >= 0.3 is 5.97 Å². The molecular weight excluding hydrogens is 230 g/mol. The van der Waals surface area contributed by atoms with Crippen molar-refractivity contribution in [3.8, 4) is 0 Å². The summed E-state index contributed by atoms with van der Waals surface area (Å²) in [4.78, 5) is 25.6. The smallest absolute Gasteiger partial charge is 0.311 e. The highest BCUT2D eigenvalue weighted by atomic mass is 16.4. The van der Waals surface area contributed by atoms with Crippen molar-refractivity contribution in [2.24, 2.45) is 22.7 Å². The van der Waals surface area contributed by atoms with Crippen molar-refractivity contribution in [3.05, 3.63) is 0 Å². The number of carbonyl (C=O) groups is 2. The number of amides is 1. The molecule has 2 fully saturated rings. The Balaban J connectivity index is 2.08. The fourth-order valence-electron chi connectivity index (χ4n) is 3.02. The first-order valence-electron chi connectivity index (χ1n) is 6.73. The molecule has 1 saturated carbocycles. The Kier molecular flexibility index (Phi) is 2.95. The van der Waals surface area contributed by atoms with Gasteiger partial charge in [-0.25, -0.2) is 0 Å². The Hall–Kier alpha value is -1.06. The molecule has 1 saturated heterocycles. The average Bonchev–Trinajstić information content (AvgIpc) is 2.75. The summed E-state index contributed by atoms with van der Waals surface area (Å²) in [5.41, 5.74) is -0.627. The largest absolute Gasteiger partial charge is 0.481 e. The van der Waals surface area contributed by atoms with E-state index in [4.69, 9.17) is 0 Å². The molecule has 1 aliphatic carbocycles. The van der Waals surface area contributed by atoms with Crippen LogP contribution in [0.15, 0.2) is 0 Å². The lowest BCUT2D eigenvalue weighted by atomic mass is 9.76. The maximum Gasteiger partial charge on any atom is 0.311 e. The number of likely N-dealkylation sites (tertiary alicyclic amines) is 1. The summed E-state index contributed by atoms with van der Waals surface area (Å²) in [5.74, 6) is -0.444. The zero-order valence-electron chi connectivity index (χ0n) is 11.7. The van der Waals surface area contributed by atoms with E-state index in [1.165, 1.54) is 0 Å². The van der Waals surface area contributed by atoms with Gasteiger partial charge in [0, 0.05) is 19.0 Å². The quantitative estimate of drug-likeness (QED) is 0.837. The molecule has 0 aromatic rings. The third-order valence-corrected chi connectivity index (χ3v) is 4.96. The summed E-state index contributed by atoms with van der Waals surface area (Å²) in [6, 6.07) is 0. The molecule has 4 nitrogen and oxygen atoms in total. The number of carbonyl (C=O) groups excluding carboxylic acids is 1. The van der Waals surface area contributed by atoms with E-state index in [1.807, 2.05) is 13.8 Å². The van der Waals surface area contributed by atoms with Gasteiger partial charge in [0.15, 0.2) is 0 Å². The van der Waals surface area contributed by atoms with Gasteiger partial charge in [-0.15, -0.1) is 0 Å². The van der Waals surface area contributed by atoms with Crippen LogP contribution in [-0.4, -0.2) is 35.0 Å². The van der Waals surface area contributed by atoms with Gasteiger partial charge in [-0.2, -0.15) is 0 Å². The lowest BCUT2D eigenvalue weighted by Gasteiger charge is -2.28. The summed E-state index contributed by atoms with van der Waals surface area (Å²) < 4.78 is 0. The van der Waals surface area contributed by atoms with Crippen molar-refractivity contribution in [1.29, 1.82) is 0 Å². The molecule has 0 spiro atoms. The van der Waals surface area contributed by atoms with Crippen molar-refractivity contribution in [1.82, 2.24) is 4.90 Å². The van der Waals surface area contributed by atoms with Crippen LogP contribution < -0.4 is 0 Å². The van der Waals surface area contributed by atoms with Crippen molar-refractivity contribution in [2.75, 3.05) is 13.1 Å². The van der Waals surface area contributed by atoms with Crippen LogP contribution in [0.2, 0.25) is 0 Å². The number of carboxylic acids is 1. The van der Waals surface area contributed by atoms with Gasteiger partial charge in [-0.1, -0.05) is 27.7 Å². The first-order chi connectivity index (χ1) is 8.20. The van der Waals surface area contributed by atoms with Gasteiger partial charge in [0.2, 0.25) is 5.91 Å². The molecule has 2 rings (SSSR count). The second kappa shape index (κ2) is 3.97. The molecule has 0 bridgehead atoms. The Morgan fingerprint density at radius 1 is 1.33 bits per heavy atom. The maximum absolute atomic E-state index is 12.3. The van der Waals surface area contributed by atoms with E-state index in [-0.39, 0.29) is 23.2 Å². The van der Waals surface area contributed by atoms with E-state index in [2.05, 4.69) is 13.8 Å². The highest BCUT2D eigenvalue weighted by Gasteiger charge is 2.55. The van der Waals surface area contributed by atoms with Crippen LogP contribution in [0.4, 0.5) is 0 Å². The van der Waals surface area contributed by atoms with E-state index in [0.717, 1.165) is 6.42 Å². The zero-order valence-corrected chi connectivity index (χ0v) is 11.7. The van der Waals surface area contributed by atoms with Crippen LogP contribution in [-0.2, 0) is 9.59 Å². The standard InChI is InChI=1S/C14H23NO3/c1-9(2)14(12(17)18)5-6-15(8-14)11(16)10-7-13(10,3)4/h9-10H,5-8H2,1-4H3,(H,17,18)/t10-,14?/m1/s1. The molecule has 2 atom stereocenters. The molecule has 0 aromatic heterocycles. The van der Waals surface area contributed by atoms with Gasteiger partial charge in [0.05, 0.1) is 5.41 Å². The van der Waals surface area contributed by atoms with Crippen LogP contribution in [0.1, 0.15) is 40.5 Å². The number of carboxylic acid groups (broad SMARTS) is 1. The van der Waals surface area contributed by atoms with E-state index in [9.17, 15) is 14.7 Å². The van der Waals surface area contributed by atoms with Gasteiger partial charge in [-0.05, 0) is 24.2 Å². The van der Waals surface area contributed by atoms with Gasteiger partial charge in [0.1, 0.15) is 0 Å². The van der Waals surface area contributed by atoms with Gasteiger partial charge in [-0.3, -0.25) is 9.59 Å². The zero-order chi connectivity index (χ0) is 13.7. The van der Waals surface area contributed by atoms with Crippen LogP contribution in [0.3, 0.4) is 0 Å². The average molecular weight is 253 g/mol. The van der Waals surface area contributed by atoms with Crippen LogP contribution in [0.5, 0.6) is 0 Å². The SMILES string of the molecule is CC(C)C1(C(=O)O)CCN(C(=O)[C@H]2CC2(C)C)C1. The van der Waals surface area contributed by atoms with Crippen molar-refractivity contribution < 1.29 is 14.7 Å². The monoisotopic (exact) mass is 253 g/mol. The Bertz CT molecular complexity index is 389. The number of nitrogens with zero attached hydrogens (tertiary/aromatic N) is 1. The first kappa shape index (κ1) is 13.4. The molecule has 2 aliphatic rings. The number of hydrogen-bond donors (Lipinski definition) is 1. The second-order valence-electron chi connectivity index (χ2n) is 6.87. The number of hydrogen-bond acceptors (Lipinski definition) is 2. The second-order valence-corrected chi connectivity index (χ2v) is 6.87.